The van der Waals surface area contributed by atoms with Crippen molar-refractivity contribution in [3.8, 4) is 0 Å². The lowest BCUT2D eigenvalue weighted by Gasteiger charge is -2.04. The quantitative estimate of drug-likeness (QED) is 0.0602. The van der Waals surface area contributed by atoms with Gasteiger partial charge in [0.15, 0.2) is 0 Å². The molecule has 0 amide bonds. The molecule has 0 unspecified atom stereocenters. The number of aliphatic hydroxyl groups excluding tert-OH is 2. The Morgan fingerprint density at radius 1 is 0.143 bits per heavy atom. The smallest absolute Gasteiger partial charge is 0.0431 e. The molecule has 0 rings (SSSR count). The van der Waals surface area contributed by atoms with E-state index in [1.165, 1.54) is 308 Å². The van der Waals surface area contributed by atoms with Crippen molar-refractivity contribution in [1.82, 2.24) is 0 Å². The van der Waals surface area contributed by atoms with Gasteiger partial charge in [-0.15, -0.1) is 0 Å². The van der Waals surface area contributed by atoms with Crippen LogP contribution >= 0.6 is 0 Å². The van der Waals surface area contributed by atoms with Crippen LogP contribution < -0.4 is 0 Å². The summed E-state index contributed by atoms with van der Waals surface area (Å²) < 4.78 is 0. The minimum Gasteiger partial charge on any atom is -0.396 e. The predicted molar refractivity (Wildman–Crippen MR) is 256 cm³/mol. The van der Waals surface area contributed by atoms with Crippen molar-refractivity contribution in [3.63, 3.8) is 0 Å². The van der Waals surface area contributed by atoms with E-state index < -0.39 is 0 Å². The molecular formula is C54H112O2. The molecule has 0 bridgehead atoms. The van der Waals surface area contributed by atoms with Crippen molar-refractivity contribution >= 4 is 0 Å². The van der Waals surface area contributed by atoms with E-state index in [9.17, 15) is 0 Å². The average Bonchev–Trinajstić information content (AvgIpc) is 3.21. The van der Waals surface area contributed by atoms with Crippen molar-refractivity contribution in [2.75, 3.05) is 13.2 Å². The summed E-state index contributed by atoms with van der Waals surface area (Å²) in [6.07, 6.45) is 71.2. The van der Waals surface area contributed by atoms with Crippen LogP contribution in [0.2, 0.25) is 0 Å². The molecule has 0 atom stereocenters. The fourth-order valence-corrected chi connectivity index (χ4v) is 8.50. The molecule has 2 nitrogen and oxygen atoms in total. The van der Waals surface area contributed by atoms with Crippen LogP contribution in [0.3, 0.4) is 0 Å². The predicted octanol–water partition coefficient (Wildman–Crippen LogP) is 19.5. The Kier molecular flexibility index (Phi) is 61.4. The van der Waals surface area contributed by atoms with Crippen LogP contribution in [0.25, 0.3) is 0 Å². The summed E-state index contributed by atoms with van der Waals surface area (Å²) in [7, 11) is 0. The van der Waals surface area contributed by atoms with Crippen LogP contribution in [0, 0.1) is 0 Å². The van der Waals surface area contributed by atoms with Crippen molar-refractivity contribution in [2.24, 2.45) is 0 Å². The minimum absolute atomic E-state index is 0.374. The molecule has 0 aromatic heterocycles. The van der Waals surface area contributed by atoms with Gasteiger partial charge in [-0.2, -0.15) is 0 Å². The molecular weight excluding hydrogens is 681 g/mol. The molecule has 2 N–H and O–H groups in total. The maximum absolute atomic E-state index is 8.74. The molecule has 0 spiro atoms. The Balaban J connectivity index is 0. The highest BCUT2D eigenvalue weighted by Gasteiger charge is 1.98. The lowest BCUT2D eigenvalue weighted by atomic mass is 10.0. The zero-order chi connectivity index (χ0) is 40.8. The maximum atomic E-state index is 8.74. The number of hydrogen-bond acceptors (Lipinski definition) is 2. The van der Waals surface area contributed by atoms with Gasteiger partial charge in [0.05, 0.1) is 0 Å². The molecule has 56 heavy (non-hydrogen) atoms. The molecule has 0 saturated carbocycles. The average molecular weight is 793 g/mol. The van der Waals surface area contributed by atoms with Crippen LogP contribution in [-0.4, -0.2) is 23.4 Å². The molecule has 0 heterocycles. The second kappa shape index (κ2) is 59.2. The fourth-order valence-electron chi connectivity index (χ4n) is 8.50. The normalized spacial score (nSPS) is 11.4. The van der Waals surface area contributed by atoms with Crippen LogP contribution in [0.4, 0.5) is 0 Å². The lowest BCUT2D eigenvalue weighted by Crippen LogP contribution is -1.85. The van der Waals surface area contributed by atoms with Crippen LogP contribution in [0.15, 0.2) is 0 Å². The van der Waals surface area contributed by atoms with Gasteiger partial charge in [-0.1, -0.05) is 322 Å². The fraction of sp³-hybridized carbons (Fsp3) is 1.00. The Morgan fingerprint density at radius 3 is 0.321 bits per heavy atom. The molecule has 0 aliphatic heterocycles. The van der Waals surface area contributed by atoms with E-state index in [4.69, 9.17) is 10.2 Å². The summed E-state index contributed by atoms with van der Waals surface area (Å²) in [4.78, 5) is 0. The molecule has 0 aliphatic carbocycles. The highest BCUT2D eigenvalue weighted by atomic mass is 16.3. The van der Waals surface area contributed by atoms with Gasteiger partial charge in [0.1, 0.15) is 0 Å². The van der Waals surface area contributed by atoms with Gasteiger partial charge in [-0.05, 0) is 12.8 Å². The third-order valence-electron chi connectivity index (χ3n) is 12.5. The highest BCUT2D eigenvalue weighted by Crippen LogP contribution is 2.18. The summed E-state index contributed by atoms with van der Waals surface area (Å²) >= 11 is 0. The van der Waals surface area contributed by atoms with E-state index >= 15 is 0 Å². The van der Waals surface area contributed by atoms with Crippen molar-refractivity contribution in [3.05, 3.63) is 0 Å². The van der Waals surface area contributed by atoms with E-state index in [-0.39, 0.29) is 0 Å². The zero-order valence-electron chi connectivity index (χ0n) is 39.7. The molecule has 0 saturated heterocycles. The van der Waals surface area contributed by atoms with Gasteiger partial charge in [-0.3, -0.25) is 0 Å². The molecule has 0 aromatic rings. The number of unbranched alkanes of at least 4 members (excludes halogenated alkanes) is 48. The van der Waals surface area contributed by atoms with E-state index in [0.29, 0.717) is 13.2 Å². The van der Waals surface area contributed by atoms with Gasteiger partial charge in [-0.25, -0.2) is 0 Å². The Bertz CT molecular complexity index is 501. The van der Waals surface area contributed by atoms with Gasteiger partial charge in [0.25, 0.3) is 0 Å². The number of hydrogen-bond donors (Lipinski definition) is 2. The second-order valence-electron chi connectivity index (χ2n) is 18.4. The molecule has 0 radical (unpaired) electrons. The first-order chi connectivity index (χ1) is 27.8. The minimum atomic E-state index is 0.374. The molecule has 0 fully saturated rings. The highest BCUT2D eigenvalue weighted by molar-refractivity contribution is 4.54. The van der Waals surface area contributed by atoms with Crippen LogP contribution in [0.5, 0.6) is 0 Å². The van der Waals surface area contributed by atoms with Crippen LogP contribution in [0.1, 0.15) is 335 Å². The second-order valence-corrected chi connectivity index (χ2v) is 18.4. The monoisotopic (exact) mass is 793 g/mol. The summed E-state index contributed by atoms with van der Waals surface area (Å²) in [5.41, 5.74) is 0. The number of aliphatic hydroxyl groups is 2. The van der Waals surface area contributed by atoms with E-state index in [1.54, 1.807) is 0 Å². The Morgan fingerprint density at radius 2 is 0.232 bits per heavy atom. The Labute approximate surface area is 357 Å². The standard InChI is InChI=1S/2C27H56O/c2*1-2-3-4-5-6-7-8-9-10-11-12-13-14-15-16-17-18-19-20-21-22-23-24-25-26-27-28/h2*28H,2-27H2,1H3. The van der Waals surface area contributed by atoms with E-state index in [2.05, 4.69) is 13.8 Å². The lowest BCUT2D eigenvalue weighted by molar-refractivity contribution is 0.282. The summed E-state index contributed by atoms with van der Waals surface area (Å²) in [5, 5.41) is 17.5. The van der Waals surface area contributed by atoms with Crippen molar-refractivity contribution in [1.29, 1.82) is 0 Å². The third kappa shape index (κ3) is 60.6. The molecule has 340 valence electrons. The summed E-state index contributed by atoms with van der Waals surface area (Å²) in [6, 6.07) is 0. The SMILES string of the molecule is CCCCCCCCCCCCCCCCCCCCCCCCCCCO.CCCCCCCCCCCCCCCCCCCCCCCCCCCO. The molecule has 0 aromatic carbocycles. The molecule has 0 aliphatic rings. The Hall–Kier alpha value is -0.0800. The van der Waals surface area contributed by atoms with Crippen LogP contribution in [-0.2, 0) is 0 Å². The number of rotatable bonds is 50. The maximum Gasteiger partial charge on any atom is 0.0431 e. The topological polar surface area (TPSA) is 40.5 Å². The van der Waals surface area contributed by atoms with Gasteiger partial charge >= 0.3 is 0 Å². The van der Waals surface area contributed by atoms with E-state index in [1.807, 2.05) is 0 Å². The first kappa shape index (κ1) is 58.0. The zero-order valence-corrected chi connectivity index (χ0v) is 39.7. The first-order valence-corrected chi connectivity index (χ1v) is 27.0. The van der Waals surface area contributed by atoms with Crippen molar-refractivity contribution < 1.29 is 10.2 Å². The first-order valence-electron chi connectivity index (χ1n) is 27.0. The third-order valence-corrected chi connectivity index (χ3v) is 12.5. The van der Waals surface area contributed by atoms with E-state index in [0.717, 1.165) is 12.8 Å². The largest absolute Gasteiger partial charge is 0.396 e. The summed E-state index contributed by atoms with van der Waals surface area (Å²) in [5.74, 6) is 0. The van der Waals surface area contributed by atoms with Gasteiger partial charge in [0.2, 0.25) is 0 Å². The van der Waals surface area contributed by atoms with Crippen molar-refractivity contribution in [2.45, 2.75) is 335 Å². The van der Waals surface area contributed by atoms with Gasteiger partial charge in [0, 0.05) is 13.2 Å². The van der Waals surface area contributed by atoms with Gasteiger partial charge < -0.3 is 10.2 Å². The molecule has 2 heteroatoms. The summed E-state index contributed by atoms with van der Waals surface area (Å²) in [6.45, 7) is 5.35.